The van der Waals surface area contributed by atoms with E-state index in [1.165, 1.54) is 16.5 Å². The molecule has 0 saturated carbocycles. The number of anilines is 2. The Hall–Kier alpha value is -2.87. The second-order valence-corrected chi connectivity index (χ2v) is 8.16. The van der Waals surface area contributed by atoms with Crippen molar-refractivity contribution in [2.45, 2.75) is 26.8 Å². The van der Waals surface area contributed by atoms with E-state index in [0.29, 0.717) is 11.8 Å². The summed E-state index contributed by atoms with van der Waals surface area (Å²) >= 11 is 0. The molecule has 0 aliphatic carbocycles. The maximum absolute atomic E-state index is 12.9. The van der Waals surface area contributed by atoms with E-state index in [-0.39, 0.29) is 30.5 Å². The second kappa shape index (κ2) is 8.65. The number of benzene rings is 1. The zero-order chi connectivity index (χ0) is 21.1. The van der Waals surface area contributed by atoms with Crippen molar-refractivity contribution in [2.24, 2.45) is 11.8 Å². The summed E-state index contributed by atoms with van der Waals surface area (Å²) < 4.78 is 1.28. The number of rotatable bonds is 5. The standard InChI is InChI=1S/C21H29N5O3/c1-14-9-15(2)11-25(10-14)13-17(27)24(3)18-19(22)26(21(29)23-20(18)28)12-16-7-5-4-6-8-16/h4-8,14-15H,9-13,22H2,1-3H3,(H,23,28,29). The molecule has 8 nitrogen and oxygen atoms in total. The Morgan fingerprint density at radius 3 is 2.41 bits per heavy atom. The number of nitrogens with two attached hydrogens (primary N) is 1. The number of nitrogens with zero attached hydrogens (tertiary/aromatic N) is 3. The Labute approximate surface area is 169 Å². The van der Waals surface area contributed by atoms with Gasteiger partial charge in [-0.3, -0.25) is 24.0 Å². The molecule has 3 N–H and O–H groups in total. The average Bonchev–Trinajstić information content (AvgIpc) is 2.65. The van der Waals surface area contributed by atoms with Gasteiger partial charge in [0.05, 0.1) is 13.1 Å². The fraction of sp³-hybridized carbons (Fsp3) is 0.476. The van der Waals surface area contributed by atoms with Gasteiger partial charge in [0.25, 0.3) is 5.56 Å². The van der Waals surface area contributed by atoms with Crippen molar-refractivity contribution in [1.29, 1.82) is 0 Å². The molecule has 0 radical (unpaired) electrons. The highest BCUT2D eigenvalue weighted by atomic mass is 16.2. The fourth-order valence-corrected chi connectivity index (χ4v) is 4.17. The van der Waals surface area contributed by atoms with Gasteiger partial charge < -0.3 is 10.6 Å². The summed E-state index contributed by atoms with van der Waals surface area (Å²) in [4.78, 5) is 43.3. The normalized spacial score (nSPS) is 19.8. The number of carbonyl (C=O) groups excluding carboxylic acids is 1. The lowest BCUT2D eigenvalue weighted by molar-refractivity contribution is -0.120. The molecule has 1 aliphatic rings. The lowest BCUT2D eigenvalue weighted by atomic mass is 9.92. The molecule has 2 atom stereocenters. The van der Waals surface area contributed by atoms with E-state index in [1.807, 2.05) is 30.3 Å². The molecule has 156 valence electrons. The highest BCUT2D eigenvalue weighted by Gasteiger charge is 2.26. The predicted octanol–water partition coefficient (Wildman–Crippen LogP) is 1.11. The fourth-order valence-electron chi connectivity index (χ4n) is 4.17. The SMILES string of the molecule is CC1CC(C)CN(CC(=O)N(C)c2c(N)n(Cc3ccccc3)c(=O)[nH]c2=O)C1. The van der Waals surface area contributed by atoms with Crippen LogP contribution in [0.25, 0.3) is 0 Å². The summed E-state index contributed by atoms with van der Waals surface area (Å²) in [7, 11) is 1.53. The first kappa shape index (κ1) is 20.9. The van der Waals surface area contributed by atoms with Crippen LogP contribution < -0.4 is 21.9 Å². The zero-order valence-electron chi connectivity index (χ0n) is 17.2. The molecule has 0 bridgehead atoms. The summed E-state index contributed by atoms with van der Waals surface area (Å²) in [5, 5.41) is 0. The van der Waals surface area contributed by atoms with E-state index in [0.717, 1.165) is 25.1 Å². The summed E-state index contributed by atoms with van der Waals surface area (Å²) in [5.41, 5.74) is 5.80. The Morgan fingerprint density at radius 1 is 1.17 bits per heavy atom. The first-order valence-corrected chi connectivity index (χ1v) is 9.91. The van der Waals surface area contributed by atoms with E-state index >= 15 is 0 Å². The zero-order valence-corrected chi connectivity index (χ0v) is 17.2. The van der Waals surface area contributed by atoms with Crippen LogP contribution >= 0.6 is 0 Å². The van der Waals surface area contributed by atoms with E-state index in [1.54, 1.807) is 0 Å². The largest absolute Gasteiger partial charge is 0.383 e. The van der Waals surface area contributed by atoms with Crippen LogP contribution in [0.5, 0.6) is 0 Å². The van der Waals surface area contributed by atoms with Crippen LogP contribution in [0.3, 0.4) is 0 Å². The summed E-state index contributed by atoms with van der Waals surface area (Å²) in [5.74, 6) is 0.809. The van der Waals surface area contributed by atoms with E-state index < -0.39 is 11.2 Å². The molecule has 1 aromatic carbocycles. The van der Waals surface area contributed by atoms with Crippen molar-refractivity contribution in [3.63, 3.8) is 0 Å². The molecule has 2 heterocycles. The maximum Gasteiger partial charge on any atom is 0.330 e. The maximum atomic E-state index is 12.9. The van der Waals surface area contributed by atoms with Crippen LogP contribution in [-0.2, 0) is 11.3 Å². The summed E-state index contributed by atoms with van der Waals surface area (Å²) in [6, 6.07) is 9.33. The third-order valence-corrected chi connectivity index (χ3v) is 5.41. The number of aromatic nitrogens is 2. The van der Waals surface area contributed by atoms with Gasteiger partial charge in [-0.1, -0.05) is 44.2 Å². The monoisotopic (exact) mass is 399 g/mol. The van der Waals surface area contributed by atoms with E-state index in [2.05, 4.69) is 23.7 Å². The number of H-pyrrole nitrogens is 1. The molecule has 2 unspecified atom stereocenters. The lowest BCUT2D eigenvalue weighted by Crippen LogP contribution is -2.47. The van der Waals surface area contributed by atoms with Crippen molar-refractivity contribution >= 4 is 17.4 Å². The average molecular weight is 399 g/mol. The van der Waals surface area contributed by atoms with Crippen LogP contribution in [0, 0.1) is 11.8 Å². The van der Waals surface area contributed by atoms with Gasteiger partial charge in [-0.25, -0.2) is 4.79 Å². The summed E-state index contributed by atoms with van der Waals surface area (Å²) in [6.07, 6.45) is 1.15. The highest BCUT2D eigenvalue weighted by molar-refractivity contribution is 5.96. The number of nitrogen functional groups attached to an aromatic ring is 1. The number of aromatic amines is 1. The first-order chi connectivity index (χ1) is 13.8. The Morgan fingerprint density at radius 2 is 1.79 bits per heavy atom. The van der Waals surface area contributed by atoms with Crippen molar-refractivity contribution in [2.75, 3.05) is 37.3 Å². The van der Waals surface area contributed by atoms with Crippen LogP contribution in [0.2, 0.25) is 0 Å². The number of likely N-dealkylation sites (tertiary alicyclic amines) is 1. The molecule has 1 aliphatic heterocycles. The Kier molecular flexibility index (Phi) is 6.22. The van der Waals surface area contributed by atoms with Crippen LogP contribution in [0.1, 0.15) is 25.8 Å². The number of amides is 1. The van der Waals surface area contributed by atoms with Crippen LogP contribution in [0.15, 0.2) is 39.9 Å². The Bertz CT molecular complexity index is 972. The third kappa shape index (κ3) is 4.76. The van der Waals surface area contributed by atoms with Gasteiger partial charge in [0.1, 0.15) is 5.82 Å². The molecule has 1 saturated heterocycles. The van der Waals surface area contributed by atoms with Gasteiger partial charge in [0, 0.05) is 20.1 Å². The summed E-state index contributed by atoms with van der Waals surface area (Å²) in [6.45, 7) is 6.48. The highest BCUT2D eigenvalue weighted by Crippen LogP contribution is 2.22. The van der Waals surface area contributed by atoms with Crippen LogP contribution in [0.4, 0.5) is 11.5 Å². The predicted molar refractivity (Wildman–Crippen MR) is 114 cm³/mol. The van der Waals surface area contributed by atoms with Crippen molar-refractivity contribution < 1.29 is 4.79 Å². The molecular formula is C21H29N5O3. The number of nitrogens with one attached hydrogen (secondary N) is 1. The number of piperidine rings is 1. The Balaban J connectivity index is 1.85. The van der Waals surface area contributed by atoms with E-state index in [4.69, 9.17) is 5.73 Å². The third-order valence-electron chi connectivity index (χ3n) is 5.41. The van der Waals surface area contributed by atoms with Gasteiger partial charge in [-0.2, -0.15) is 0 Å². The van der Waals surface area contributed by atoms with Crippen molar-refractivity contribution in [1.82, 2.24) is 14.5 Å². The molecule has 8 heteroatoms. The van der Waals surface area contributed by atoms with Gasteiger partial charge in [-0.15, -0.1) is 0 Å². The van der Waals surface area contributed by atoms with Gasteiger partial charge in [0.15, 0.2) is 5.69 Å². The smallest absolute Gasteiger partial charge is 0.330 e. The number of likely N-dealkylation sites (N-methyl/N-ethyl adjacent to an activating group) is 1. The molecular weight excluding hydrogens is 370 g/mol. The van der Waals surface area contributed by atoms with E-state index in [9.17, 15) is 14.4 Å². The van der Waals surface area contributed by atoms with Gasteiger partial charge in [-0.05, 0) is 23.8 Å². The lowest BCUT2D eigenvalue weighted by Gasteiger charge is -2.35. The van der Waals surface area contributed by atoms with Gasteiger partial charge in [0.2, 0.25) is 5.91 Å². The number of hydrogen-bond donors (Lipinski definition) is 2. The molecule has 0 spiro atoms. The van der Waals surface area contributed by atoms with Crippen molar-refractivity contribution in [3.05, 3.63) is 56.7 Å². The topological polar surface area (TPSA) is 104 Å². The second-order valence-electron chi connectivity index (χ2n) is 8.16. The molecule has 29 heavy (non-hydrogen) atoms. The minimum atomic E-state index is -0.659. The van der Waals surface area contributed by atoms with Gasteiger partial charge >= 0.3 is 5.69 Å². The first-order valence-electron chi connectivity index (χ1n) is 9.91. The van der Waals surface area contributed by atoms with Crippen LogP contribution in [-0.4, -0.2) is 47.0 Å². The minimum absolute atomic E-state index is 0.00337. The molecule has 1 amide bonds. The molecule has 3 rings (SSSR count). The number of hydrogen-bond acceptors (Lipinski definition) is 5. The molecule has 2 aromatic rings. The van der Waals surface area contributed by atoms with Crippen molar-refractivity contribution in [3.8, 4) is 0 Å². The molecule has 1 fully saturated rings. The molecule has 1 aromatic heterocycles. The quantitative estimate of drug-likeness (QED) is 0.784. The number of carbonyl (C=O) groups is 1. The minimum Gasteiger partial charge on any atom is -0.383 e.